The summed E-state index contributed by atoms with van der Waals surface area (Å²) in [5, 5.41) is 3.03. The molecule has 0 radical (unpaired) electrons. The lowest BCUT2D eigenvalue weighted by atomic mass is 9.99. The van der Waals surface area contributed by atoms with Crippen LogP contribution >= 0.6 is 15.9 Å². The first kappa shape index (κ1) is 16.2. The number of aryl methyl sites for hydroxylation is 1. The van der Waals surface area contributed by atoms with Crippen LogP contribution in [0.1, 0.15) is 23.6 Å². The van der Waals surface area contributed by atoms with E-state index in [-0.39, 0.29) is 11.9 Å². The van der Waals surface area contributed by atoms with Crippen molar-refractivity contribution < 1.29 is 4.79 Å². The van der Waals surface area contributed by atoms with Crippen LogP contribution < -0.4 is 5.32 Å². The molecule has 23 heavy (non-hydrogen) atoms. The summed E-state index contributed by atoms with van der Waals surface area (Å²) in [5.41, 5.74) is 4.72. The van der Waals surface area contributed by atoms with Gasteiger partial charge in [0, 0.05) is 17.6 Å². The van der Waals surface area contributed by atoms with E-state index < -0.39 is 0 Å². The zero-order chi connectivity index (χ0) is 16.4. The number of halogens is 1. The van der Waals surface area contributed by atoms with Crippen LogP contribution in [-0.4, -0.2) is 23.4 Å². The summed E-state index contributed by atoms with van der Waals surface area (Å²) in [6.45, 7) is 5.76. The van der Waals surface area contributed by atoms with Crippen LogP contribution in [-0.2, 0) is 17.8 Å². The Kier molecular flexibility index (Phi) is 4.83. The van der Waals surface area contributed by atoms with Crippen LogP contribution in [0.3, 0.4) is 0 Å². The normalized spacial score (nSPS) is 15.8. The van der Waals surface area contributed by atoms with Gasteiger partial charge in [0.05, 0.1) is 11.7 Å². The molecular formula is C19H21BrN2O. The molecule has 1 aliphatic rings. The van der Waals surface area contributed by atoms with Gasteiger partial charge < -0.3 is 5.32 Å². The Morgan fingerprint density at radius 1 is 1.22 bits per heavy atom. The highest BCUT2D eigenvalue weighted by Gasteiger charge is 2.25. The van der Waals surface area contributed by atoms with E-state index in [0.29, 0.717) is 0 Å². The minimum absolute atomic E-state index is 0.0361. The second-order valence-electron chi connectivity index (χ2n) is 6.14. The highest BCUT2D eigenvalue weighted by Crippen LogP contribution is 2.25. The number of nitrogens with zero attached hydrogens (tertiary/aromatic N) is 1. The number of anilines is 1. The van der Waals surface area contributed by atoms with Crippen LogP contribution in [0.5, 0.6) is 0 Å². The second kappa shape index (κ2) is 6.85. The minimum Gasteiger partial charge on any atom is -0.324 e. The summed E-state index contributed by atoms with van der Waals surface area (Å²) in [5.74, 6) is 0.0361. The molecule has 0 spiro atoms. The van der Waals surface area contributed by atoms with Gasteiger partial charge in [-0.1, -0.05) is 30.3 Å². The molecule has 0 fully saturated rings. The van der Waals surface area contributed by atoms with Crippen molar-refractivity contribution in [2.24, 2.45) is 0 Å². The Morgan fingerprint density at radius 2 is 1.96 bits per heavy atom. The van der Waals surface area contributed by atoms with Crippen LogP contribution in [0.4, 0.5) is 5.69 Å². The first-order valence-electron chi connectivity index (χ1n) is 7.92. The topological polar surface area (TPSA) is 32.3 Å². The Morgan fingerprint density at radius 3 is 2.70 bits per heavy atom. The molecule has 0 saturated carbocycles. The van der Waals surface area contributed by atoms with Crippen molar-refractivity contribution in [2.75, 3.05) is 11.9 Å². The summed E-state index contributed by atoms with van der Waals surface area (Å²) >= 11 is 3.51. The number of amides is 1. The molecule has 2 aromatic carbocycles. The fourth-order valence-corrected chi connectivity index (χ4v) is 3.57. The molecule has 1 atom stereocenters. The lowest BCUT2D eigenvalue weighted by molar-refractivity contribution is -0.121. The molecule has 1 N–H and O–H groups in total. The van der Waals surface area contributed by atoms with Crippen LogP contribution in [0, 0.1) is 6.92 Å². The van der Waals surface area contributed by atoms with E-state index in [4.69, 9.17) is 0 Å². The van der Waals surface area contributed by atoms with Gasteiger partial charge in [0.15, 0.2) is 0 Å². The van der Waals surface area contributed by atoms with Crippen LogP contribution in [0.25, 0.3) is 0 Å². The van der Waals surface area contributed by atoms with Crippen LogP contribution in [0.15, 0.2) is 46.9 Å². The van der Waals surface area contributed by atoms with E-state index in [0.717, 1.165) is 35.2 Å². The fourth-order valence-electron chi connectivity index (χ4n) is 2.97. The van der Waals surface area contributed by atoms with Gasteiger partial charge in [-0.25, -0.2) is 0 Å². The predicted octanol–water partition coefficient (Wildman–Crippen LogP) is 4.14. The number of benzene rings is 2. The van der Waals surface area contributed by atoms with Crippen LogP contribution in [0.2, 0.25) is 0 Å². The van der Waals surface area contributed by atoms with Crippen molar-refractivity contribution in [1.29, 1.82) is 0 Å². The van der Waals surface area contributed by atoms with Gasteiger partial charge >= 0.3 is 0 Å². The van der Waals surface area contributed by atoms with Crippen molar-refractivity contribution in [2.45, 2.75) is 32.9 Å². The zero-order valence-electron chi connectivity index (χ0n) is 13.5. The molecule has 3 nitrogen and oxygen atoms in total. The van der Waals surface area contributed by atoms with Gasteiger partial charge in [-0.2, -0.15) is 0 Å². The molecule has 2 aromatic rings. The number of rotatable bonds is 3. The van der Waals surface area contributed by atoms with Crippen molar-refractivity contribution in [3.8, 4) is 0 Å². The molecule has 0 aliphatic carbocycles. The lowest BCUT2D eigenvalue weighted by Gasteiger charge is -2.33. The van der Waals surface area contributed by atoms with Crippen molar-refractivity contribution >= 4 is 27.5 Å². The van der Waals surface area contributed by atoms with Gasteiger partial charge in [-0.05, 0) is 65.0 Å². The summed E-state index contributed by atoms with van der Waals surface area (Å²) in [4.78, 5) is 14.8. The highest BCUT2D eigenvalue weighted by molar-refractivity contribution is 9.10. The average Bonchev–Trinajstić information content (AvgIpc) is 2.56. The second-order valence-corrected chi connectivity index (χ2v) is 6.99. The maximum absolute atomic E-state index is 12.6. The Balaban J connectivity index is 1.68. The molecule has 0 saturated heterocycles. The molecule has 0 aromatic heterocycles. The monoisotopic (exact) mass is 372 g/mol. The third-order valence-corrected chi connectivity index (χ3v) is 5.13. The number of hydrogen-bond acceptors (Lipinski definition) is 2. The molecule has 0 bridgehead atoms. The summed E-state index contributed by atoms with van der Waals surface area (Å²) in [7, 11) is 0. The van der Waals surface area contributed by atoms with E-state index in [1.54, 1.807) is 0 Å². The zero-order valence-corrected chi connectivity index (χ0v) is 15.1. The SMILES string of the molecule is Cc1ccc(NC(=O)[C@H](C)N2CCc3ccccc3C2)c(Br)c1. The predicted molar refractivity (Wildman–Crippen MR) is 97.5 cm³/mol. The van der Waals surface area contributed by atoms with Gasteiger partial charge in [0.1, 0.15) is 0 Å². The Hall–Kier alpha value is -1.65. The fraction of sp³-hybridized carbons (Fsp3) is 0.316. The summed E-state index contributed by atoms with van der Waals surface area (Å²) in [6.07, 6.45) is 1.00. The van der Waals surface area contributed by atoms with E-state index in [2.05, 4.69) is 50.4 Å². The van der Waals surface area contributed by atoms with E-state index in [1.807, 2.05) is 32.0 Å². The molecule has 3 rings (SSSR count). The molecular weight excluding hydrogens is 352 g/mol. The van der Waals surface area contributed by atoms with E-state index in [1.165, 1.54) is 11.1 Å². The van der Waals surface area contributed by atoms with Gasteiger partial charge in [0.25, 0.3) is 0 Å². The molecule has 1 aliphatic heterocycles. The maximum Gasteiger partial charge on any atom is 0.241 e. The van der Waals surface area contributed by atoms with Gasteiger partial charge in [-0.15, -0.1) is 0 Å². The maximum atomic E-state index is 12.6. The Bertz CT molecular complexity index is 729. The molecule has 4 heteroatoms. The van der Waals surface area contributed by atoms with Gasteiger partial charge in [0.2, 0.25) is 5.91 Å². The van der Waals surface area contributed by atoms with Crippen molar-refractivity contribution in [1.82, 2.24) is 4.90 Å². The number of fused-ring (bicyclic) bond motifs is 1. The van der Waals surface area contributed by atoms with E-state index >= 15 is 0 Å². The number of nitrogens with one attached hydrogen (secondary N) is 1. The largest absolute Gasteiger partial charge is 0.324 e. The smallest absolute Gasteiger partial charge is 0.241 e. The molecule has 1 heterocycles. The quantitative estimate of drug-likeness (QED) is 0.877. The van der Waals surface area contributed by atoms with Crippen molar-refractivity contribution in [3.63, 3.8) is 0 Å². The molecule has 1 amide bonds. The average molecular weight is 373 g/mol. The number of carbonyl (C=O) groups is 1. The minimum atomic E-state index is -0.156. The lowest BCUT2D eigenvalue weighted by Crippen LogP contribution is -2.44. The Labute approximate surface area is 145 Å². The third kappa shape index (κ3) is 3.65. The summed E-state index contributed by atoms with van der Waals surface area (Å²) < 4.78 is 0.919. The summed E-state index contributed by atoms with van der Waals surface area (Å²) in [6, 6.07) is 14.3. The van der Waals surface area contributed by atoms with Crippen molar-refractivity contribution in [3.05, 3.63) is 63.6 Å². The molecule has 120 valence electrons. The standard InChI is InChI=1S/C19H21BrN2O/c1-13-7-8-18(17(20)11-13)21-19(23)14(2)22-10-9-15-5-3-4-6-16(15)12-22/h3-8,11,14H,9-10,12H2,1-2H3,(H,21,23)/t14-/m0/s1. The van der Waals surface area contributed by atoms with Gasteiger partial charge in [-0.3, -0.25) is 9.69 Å². The first-order chi connectivity index (χ1) is 11.0. The number of hydrogen-bond donors (Lipinski definition) is 1. The molecule has 0 unspecified atom stereocenters. The number of carbonyl (C=O) groups excluding carboxylic acids is 1. The van der Waals surface area contributed by atoms with E-state index in [9.17, 15) is 4.79 Å². The first-order valence-corrected chi connectivity index (χ1v) is 8.72. The third-order valence-electron chi connectivity index (χ3n) is 4.47. The highest BCUT2D eigenvalue weighted by atomic mass is 79.9.